The molecule has 3 nitrogen and oxygen atoms in total. The zero-order valence-electron chi connectivity index (χ0n) is 10.1. The second-order valence-corrected chi connectivity index (χ2v) is 4.33. The Morgan fingerprint density at radius 3 is 3.00 bits per heavy atom. The van der Waals surface area contributed by atoms with Gasteiger partial charge in [-0.1, -0.05) is 12.1 Å². The van der Waals surface area contributed by atoms with E-state index in [0.29, 0.717) is 13.0 Å². The van der Waals surface area contributed by atoms with Crippen molar-refractivity contribution < 1.29 is 18.3 Å². The summed E-state index contributed by atoms with van der Waals surface area (Å²) in [6, 6.07) is 5.67. The van der Waals surface area contributed by atoms with E-state index in [-0.39, 0.29) is 12.6 Å². The molecule has 1 unspecified atom stereocenters. The van der Waals surface area contributed by atoms with Crippen LogP contribution in [0.15, 0.2) is 18.2 Å². The first-order valence-electron chi connectivity index (χ1n) is 6.04. The molecule has 1 heterocycles. The summed E-state index contributed by atoms with van der Waals surface area (Å²) < 4.78 is 34.0. The average Bonchev–Trinajstić information content (AvgIpc) is 2.81. The van der Waals surface area contributed by atoms with Gasteiger partial charge in [0.2, 0.25) is 0 Å². The number of rotatable bonds is 6. The zero-order valence-corrected chi connectivity index (χ0v) is 10.1. The highest BCUT2D eigenvalue weighted by molar-refractivity contribution is 5.40. The molecule has 0 amide bonds. The molecule has 0 aromatic heterocycles. The molecule has 0 saturated carbocycles. The smallest absolute Gasteiger partial charge is 0.261 e. The van der Waals surface area contributed by atoms with Crippen LogP contribution < -0.4 is 10.5 Å². The van der Waals surface area contributed by atoms with E-state index in [1.165, 1.54) is 0 Å². The molecule has 100 valence electrons. The van der Waals surface area contributed by atoms with Gasteiger partial charge < -0.3 is 15.2 Å². The number of benzene rings is 1. The lowest BCUT2D eigenvalue weighted by molar-refractivity contribution is 0.0152. The number of halogens is 2. The maximum atomic E-state index is 11.9. The molecule has 0 fully saturated rings. The number of alkyl halides is 2. The Hall–Kier alpha value is -1.20. The van der Waals surface area contributed by atoms with Gasteiger partial charge in [0.1, 0.15) is 12.4 Å². The van der Waals surface area contributed by atoms with Gasteiger partial charge in [-0.2, -0.15) is 0 Å². The van der Waals surface area contributed by atoms with Gasteiger partial charge >= 0.3 is 0 Å². The third-order valence-electron chi connectivity index (χ3n) is 2.96. The molecule has 0 spiro atoms. The van der Waals surface area contributed by atoms with E-state index in [1.54, 1.807) is 0 Å². The maximum Gasteiger partial charge on any atom is 0.261 e. The van der Waals surface area contributed by atoms with Crippen LogP contribution in [0.3, 0.4) is 0 Å². The van der Waals surface area contributed by atoms with Crippen molar-refractivity contribution in [2.45, 2.75) is 25.3 Å². The lowest BCUT2D eigenvalue weighted by Gasteiger charge is -2.13. The molecule has 1 aliphatic rings. The minimum absolute atomic E-state index is 0.187. The van der Waals surface area contributed by atoms with Crippen LogP contribution in [0.1, 0.15) is 23.6 Å². The molecule has 1 aromatic carbocycles. The van der Waals surface area contributed by atoms with E-state index >= 15 is 0 Å². The molecule has 2 rings (SSSR count). The van der Waals surface area contributed by atoms with Crippen molar-refractivity contribution >= 4 is 0 Å². The average molecular weight is 257 g/mol. The van der Waals surface area contributed by atoms with E-state index in [4.69, 9.17) is 15.2 Å². The minimum atomic E-state index is -2.42. The predicted octanol–water partition coefficient (Wildman–Crippen LogP) is 2.29. The monoisotopic (exact) mass is 257 g/mol. The Balaban J connectivity index is 1.83. The van der Waals surface area contributed by atoms with Crippen LogP contribution in [0, 0.1) is 0 Å². The summed E-state index contributed by atoms with van der Waals surface area (Å²) in [5.41, 5.74) is 8.16. The largest absolute Gasteiger partial charge is 0.493 e. The molecule has 1 aromatic rings. The molecule has 0 bridgehead atoms. The van der Waals surface area contributed by atoms with Gasteiger partial charge in [-0.15, -0.1) is 0 Å². The summed E-state index contributed by atoms with van der Waals surface area (Å²) in [5, 5.41) is 0. The third kappa shape index (κ3) is 3.40. The molecule has 0 aliphatic carbocycles. The molecule has 1 aliphatic heterocycles. The van der Waals surface area contributed by atoms with Gasteiger partial charge in [0.05, 0.1) is 6.61 Å². The fourth-order valence-electron chi connectivity index (χ4n) is 1.99. The SMILES string of the molecule is NC(CCOCC(F)F)c1ccc2c(c1)CCO2. The van der Waals surface area contributed by atoms with Crippen molar-refractivity contribution in [1.82, 2.24) is 0 Å². The third-order valence-corrected chi connectivity index (χ3v) is 2.96. The topological polar surface area (TPSA) is 44.5 Å². The highest BCUT2D eigenvalue weighted by atomic mass is 19.3. The predicted molar refractivity (Wildman–Crippen MR) is 64.0 cm³/mol. The number of ether oxygens (including phenoxy) is 2. The van der Waals surface area contributed by atoms with Gasteiger partial charge in [-0.25, -0.2) is 8.78 Å². The van der Waals surface area contributed by atoms with Crippen LogP contribution in [0.5, 0.6) is 5.75 Å². The fraction of sp³-hybridized carbons (Fsp3) is 0.538. The van der Waals surface area contributed by atoms with Crippen LogP contribution in [0.4, 0.5) is 8.78 Å². The molecular weight excluding hydrogens is 240 g/mol. The quantitative estimate of drug-likeness (QED) is 0.795. The Labute approximate surface area is 105 Å². The highest BCUT2D eigenvalue weighted by Gasteiger charge is 2.14. The number of hydrogen-bond donors (Lipinski definition) is 1. The fourth-order valence-corrected chi connectivity index (χ4v) is 1.99. The van der Waals surface area contributed by atoms with Crippen LogP contribution in [-0.2, 0) is 11.2 Å². The normalized spacial score (nSPS) is 15.6. The summed E-state index contributed by atoms with van der Waals surface area (Å²) in [4.78, 5) is 0. The number of hydrogen-bond acceptors (Lipinski definition) is 3. The Bertz CT molecular complexity index is 399. The summed E-state index contributed by atoms with van der Waals surface area (Å²) in [6.07, 6.45) is -0.984. The molecule has 0 radical (unpaired) electrons. The second kappa shape index (κ2) is 6.11. The van der Waals surface area contributed by atoms with Crippen molar-refractivity contribution in [3.8, 4) is 5.75 Å². The Kier molecular flexibility index (Phi) is 4.49. The van der Waals surface area contributed by atoms with Crippen molar-refractivity contribution in [1.29, 1.82) is 0 Å². The van der Waals surface area contributed by atoms with Gasteiger partial charge in [-0.05, 0) is 23.6 Å². The first kappa shape index (κ1) is 13.2. The molecule has 5 heteroatoms. The first-order valence-corrected chi connectivity index (χ1v) is 6.04. The van der Waals surface area contributed by atoms with Crippen molar-refractivity contribution in [2.75, 3.05) is 19.8 Å². The van der Waals surface area contributed by atoms with E-state index in [2.05, 4.69) is 0 Å². The first-order chi connectivity index (χ1) is 8.66. The van der Waals surface area contributed by atoms with Gasteiger partial charge in [-0.3, -0.25) is 0 Å². The van der Waals surface area contributed by atoms with E-state index in [9.17, 15) is 8.78 Å². The van der Waals surface area contributed by atoms with Crippen LogP contribution >= 0.6 is 0 Å². The van der Waals surface area contributed by atoms with E-state index in [1.807, 2.05) is 18.2 Å². The summed E-state index contributed by atoms with van der Waals surface area (Å²) >= 11 is 0. The lowest BCUT2D eigenvalue weighted by atomic mass is 10.0. The molecule has 1 atom stereocenters. The molecular formula is C13H17F2NO2. The van der Waals surface area contributed by atoms with E-state index < -0.39 is 13.0 Å². The minimum Gasteiger partial charge on any atom is -0.493 e. The standard InChI is InChI=1S/C13H17F2NO2/c14-13(15)8-17-5-4-11(16)9-1-2-12-10(7-9)3-6-18-12/h1-2,7,11,13H,3-6,8,16H2. The van der Waals surface area contributed by atoms with Crippen LogP contribution in [0.25, 0.3) is 0 Å². The number of fused-ring (bicyclic) bond motifs is 1. The highest BCUT2D eigenvalue weighted by Crippen LogP contribution is 2.28. The maximum absolute atomic E-state index is 11.9. The van der Waals surface area contributed by atoms with Crippen molar-refractivity contribution in [3.63, 3.8) is 0 Å². The Morgan fingerprint density at radius 2 is 2.22 bits per heavy atom. The molecule has 18 heavy (non-hydrogen) atoms. The Morgan fingerprint density at radius 1 is 1.39 bits per heavy atom. The second-order valence-electron chi connectivity index (χ2n) is 4.33. The van der Waals surface area contributed by atoms with Crippen molar-refractivity contribution in [3.05, 3.63) is 29.3 Å². The summed E-state index contributed by atoms with van der Waals surface area (Å²) in [6.45, 7) is 0.440. The van der Waals surface area contributed by atoms with Crippen LogP contribution in [0.2, 0.25) is 0 Å². The molecule has 2 N–H and O–H groups in total. The van der Waals surface area contributed by atoms with Gasteiger partial charge in [0.25, 0.3) is 6.43 Å². The van der Waals surface area contributed by atoms with Crippen LogP contribution in [-0.4, -0.2) is 26.2 Å². The summed E-state index contributed by atoms with van der Waals surface area (Å²) in [7, 11) is 0. The zero-order chi connectivity index (χ0) is 13.0. The van der Waals surface area contributed by atoms with Gasteiger partial charge in [0, 0.05) is 19.1 Å². The van der Waals surface area contributed by atoms with Gasteiger partial charge in [0.15, 0.2) is 0 Å². The number of nitrogens with two attached hydrogens (primary N) is 1. The van der Waals surface area contributed by atoms with E-state index in [0.717, 1.165) is 23.3 Å². The summed E-state index contributed by atoms with van der Waals surface area (Å²) in [5.74, 6) is 0.917. The molecule has 0 saturated heterocycles. The lowest BCUT2D eigenvalue weighted by Crippen LogP contribution is -2.15. The van der Waals surface area contributed by atoms with Crippen molar-refractivity contribution in [2.24, 2.45) is 5.73 Å².